The van der Waals surface area contributed by atoms with E-state index in [-0.39, 0.29) is 16.8 Å². The zero-order valence-corrected chi connectivity index (χ0v) is 18.5. The number of sulfonamides is 1. The molecule has 0 spiro atoms. The lowest BCUT2D eigenvalue weighted by Gasteiger charge is -2.30. The van der Waals surface area contributed by atoms with Gasteiger partial charge in [0.05, 0.1) is 4.90 Å². The molecular formula is C23H31N3O3S. The number of hydrogen-bond acceptors (Lipinski definition) is 4. The van der Waals surface area contributed by atoms with E-state index in [0.29, 0.717) is 12.1 Å². The van der Waals surface area contributed by atoms with Gasteiger partial charge in [0, 0.05) is 24.7 Å². The van der Waals surface area contributed by atoms with Gasteiger partial charge in [-0.3, -0.25) is 4.79 Å². The van der Waals surface area contributed by atoms with Crippen molar-refractivity contribution in [3.05, 3.63) is 65.7 Å². The molecule has 162 valence electrons. The molecule has 1 aliphatic heterocycles. The lowest BCUT2D eigenvalue weighted by molar-refractivity contribution is 0.0944. The molecule has 30 heavy (non-hydrogen) atoms. The number of benzene rings is 2. The van der Waals surface area contributed by atoms with Crippen molar-refractivity contribution in [3.8, 4) is 0 Å². The van der Waals surface area contributed by atoms with Gasteiger partial charge in [-0.15, -0.1) is 0 Å². The normalized spacial score (nSPS) is 16.9. The molecule has 0 aliphatic carbocycles. The number of piperidine rings is 1. The maximum Gasteiger partial charge on any atom is 0.251 e. The van der Waals surface area contributed by atoms with E-state index in [1.54, 1.807) is 19.1 Å². The van der Waals surface area contributed by atoms with E-state index in [0.717, 1.165) is 31.1 Å². The van der Waals surface area contributed by atoms with E-state index in [1.807, 2.05) is 30.3 Å². The Morgan fingerprint density at radius 1 is 1.10 bits per heavy atom. The highest BCUT2D eigenvalue weighted by Gasteiger charge is 2.20. The molecule has 1 unspecified atom stereocenters. The molecule has 7 heteroatoms. The minimum atomic E-state index is -3.74. The van der Waals surface area contributed by atoms with Crippen molar-refractivity contribution in [1.29, 1.82) is 0 Å². The van der Waals surface area contributed by atoms with Crippen molar-refractivity contribution in [2.75, 3.05) is 26.2 Å². The Balaban J connectivity index is 1.58. The van der Waals surface area contributed by atoms with Crippen molar-refractivity contribution in [2.24, 2.45) is 5.92 Å². The van der Waals surface area contributed by atoms with Crippen molar-refractivity contribution < 1.29 is 13.2 Å². The van der Waals surface area contributed by atoms with Gasteiger partial charge >= 0.3 is 0 Å². The minimum absolute atomic E-state index is 0.0861. The molecule has 1 saturated heterocycles. The molecule has 2 aromatic carbocycles. The Hall–Kier alpha value is -2.22. The van der Waals surface area contributed by atoms with Gasteiger partial charge in [0.2, 0.25) is 10.0 Å². The van der Waals surface area contributed by atoms with Crippen LogP contribution in [0, 0.1) is 5.92 Å². The van der Waals surface area contributed by atoms with Gasteiger partial charge in [-0.05, 0) is 62.5 Å². The summed E-state index contributed by atoms with van der Waals surface area (Å²) < 4.78 is 28.3. The fraction of sp³-hybridized carbons (Fsp3) is 0.435. The number of likely N-dealkylation sites (tertiary alicyclic amines) is 1. The SMILES string of the molecule is CC1CCN(CCNC(=O)c2cccc(S(=O)(=O)NC(C)c3ccccc3)c2)CC1. The standard InChI is InChI=1S/C23H31N3O3S/c1-18-11-14-26(15-12-18)16-13-24-23(27)21-9-6-10-22(17-21)30(28,29)25-19(2)20-7-4-3-5-8-20/h3-10,17-19,25H,11-16H2,1-2H3,(H,24,27). The highest BCUT2D eigenvalue weighted by molar-refractivity contribution is 7.89. The van der Waals surface area contributed by atoms with Crippen molar-refractivity contribution >= 4 is 15.9 Å². The molecule has 1 aliphatic rings. The predicted octanol–water partition coefficient (Wildman–Crippen LogP) is 3.19. The fourth-order valence-electron chi connectivity index (χ4n) is 3.63. The van der Waals surface area contributed by atoms with E-state index in [9.17, 15) is 13.2 Å². The first-order valence-corrected chi connectivity index (χ1v) is 12.0. The Labute approximate surface area is 179 Å². The van der Waals surface area contributed by atoms with Crippen LogP contribution in [0.3, 0.4) is 0 Å². The van der Waals surface area contributed by atoms with Gasteiger partial charge in [-0.2, -0.15) is 0 Å². The monoisotopic (exact) mass is 429 g/mol. The molecule has 0 radical (unpaired) electrons. The van der Waals surface area contributed by atoms with Gasteiger partial charge in [0.1, 0.15) is 0 Å². The van der Waals surface area contributed by atoms with Gasteiger partial charge in [0.15, 0.2) is 0 Å². The summed E-state index contributed by atoms with van der Waals surface area (Å²) in [5.74, 6) is 0.521. The number of carbonyl (C=O) groups excluding carboxylic acids is 1. The third kappa shape index (κ3) is 6.14. The van der Waals surface area contributed by atoms with E-state index >= 15 is 0 Å². The second kappa shape index (κ2) is 10.2. The highest BCUT2D eigenvalue weighted by Crippen LogP contribution is 2.18. The number of carbonyl (C=O) groups is 1. The van der Waals surface area contributed by atoms with Crippen LogP contribution >= 0.6 is 0 Å². The molecule has 1 heterocycles. The molecule has 0 bridgehead atoms. The van der Waals surface area contributed by atoms with Gasteiger partial charge < -0.3 is 10.2 Å². The third-order valence-electron chi connectivity index (χ3n) is 5.63. The molecular weight excluding hydrogens is 398 g/mol. The zero-order valence-electron chi connectivity index (χ0n) is 17.7. The molecule has 3 rings (SSSR count). The average molecular weight is 430 g/mol. The van der Waals surface area contributed by atoms with E-state index < -0.39 is 10.0 Å². The molecule has 0 saturated carbocycles. The van der Waals surface area contributed by atoms with Gasteiger partial charge in [-0.1, -0.05) is 43.3 Å². The van der Waals surface area contributed by atoms with Gasteiger partial charge in [0.25, 0.3) is 5.91 Å². The first-order chi connectivity index (χ1) is 14.3. The van der Waals surface area contributed by atoms with Crippen LogP contribution in [0.25, 0.3) is 0 Å². The molecule has 1 atom stereocenters. The Morgan fingerprint density at radius 3 is 2.50 bits per heavy atom. The Bertz CT molecular complexity index is 939. The fourth-order valence-corrected chi connectivity index (χ4v) is 4.91. The van der Waals surface area contributed by atoms with Crippen molar-refractivity contribution in [1.82, 2.24) is 14.9 Å². The summed E-state index contributed by atoms with van der Waals surface area (Å²) in [6.45, 7) is 7.56. The van der Waals surface area contributed by atoms with Crippen LogP contribution in [0.15, 0.2) is 59.5 Å². The summed E-state index contributed by atoms with van der Waals surface area (Å²) in [4.78, 5) is 15.0. The maximum absolute atomic E-state index is 12.8. The third-order valence-corrected chi connectivity index (χ3v) is 7.17. The summed E-state index contributed by atoms with van der Waals surface area (Å²) >= 11 is 0. The smallest absolute Gasteiger partial charge is 0.251 e. The van der Waals surface area contributed by atoms with Crippen LogP contribution in [0.1, 0.15) is 48.7 Å². The topological polar surface area (TPSA) is 78.5 Å². The number of nitrogens with one attached hydrogen (secondary N) is 2. The molecule has 2 N–H and O–H groups in total. The van der Waals surface area contributed by atoms with Crippen LogP contribution < -0.4 is 10.0 Å². The zero-order chi connectivity index (χ0) is 21.6. The molecule has 2 aromatic rings. The molecule has 0 aromatic heterocycles. The number of hydrogen-bond donors (Lipinski definition) is 2. The van der Waals surface area contributed by atoms with Crippen LogP contribution in [0.5, 0.6) is 0 Å². The van der Waals surface area contributed by atoms with Gasteiger partial charge in [-0.25, -0.2) is 13.1 Å². The number of nitrogens with zero attached hydrogens (tertiary/aromatic N) is 1. The summed E-state index contributed by atoms with van der Waals surface area (Å²) in [5.41, 5.74) is 1.22. The number of rotatable bonds is 8. The van der Waals surface area contributed by atoms with E-state index in [1.165, 1.54) is 25.0 Å². The van der Waals surface area contributed by atoms with Crippen LogP contribution in [-0.2, 0) is 10.0 Å². The average Bonchev–Trinajstić information content (AvgIpc) is 2.75. The van der Waals surface area contributed by atoms with E-state index in [4.69, 9.17) is 0 Å². The summed E-state index contributed by atoms with van der Waals surface area (Å²) in [6.07, 6.45) is 2.39. The largest absolute Gasteiger partial charge is 0.351 e. The number of amides is 1. The van der Waals surface area contributed by atoms with Crippen LogP contribution in [0.2, 0.25) is 0 Å². The Morgan fingerprint density at radius 2 is 1.80 bits per heavy atom. The maximum atomic E-state index is 12.8. The highest BCUT2D eigenvalue weighted by atomic mass is 32.2. The summed E-state index contributed by atoms with van der Waals surface area (Å²) in [6, 6.07) is 15.2. The van der Waals surface area contributed by atoms with Crippen LogP contribution in [0.4, 0.5) is 0 Å². The quantitative estimate of drug-likeness (QED) is 0.676. The predicted molar refractivity (Wildman–Crippen MR) is 119 cm³/mol. The van der Waals surface area contributed by atoms with E-state index in [2.05, 4.69) is 21.9 Å². The second-order valence-corrected chi connectivity index (χ2v) is 9.78. The summed E-state index contributed by atoms with van der Waals surface area (Å²) in [5, 5.41) is 2.91. The molecule has 1 fully saturated rings. The minimum Gasteiger partial charge on any atom is -0.351 e. The lowest BCUT2D eigenvalue weighted by atomic mass is 9.99. The molecule has 1 amide bonds. The van der Waals surface area contributed by atoms with Crippen molar-refractivity contribution in [3.63, 3.8) is 0 Å². The lowest BCUT2D eigenvalue weighted by Crippen LogP contribution is -2.39. The first-order valence-electron chi connectivity index (χ1n) is 10.5. The first kappa shape index (κ1) is 22.5. The summed E-state index contributed by atoms with van der Waals surface area (Å²) in [7, 11) is -3.74. The molecule has 6 nitrogen and oxygen atoms in total. The Kier molecular flexibility index (Phi) is 7.64. The van der Waals surface area contributed by atoms with Crippen molar-refractivity contribution in [2.45, 2.75) is 37.6 Å². The second-order valence-electron chi connectivity index (χ2n) is 8.06. The van der Waals surface area contributed by atoms with Crippen LogP contribution in [-0.4, -0.2) is 45.4 Å².